The van der Waals surface area contributed by atoms with Gasteiger partial charge in [-0.3, -0.25) is 4.79 Å². The van der Waals surface area contributed by atoms with Gasteiger partial charge in [-0.2, -0.15) is 0 Å². The highest BCUT2D eigenvalue weighted by atomic mass is 16.5. The molecular formula is C12H23N5O3. The molecule has 0 unspecified atom stereocenters. The fourth-order valence-electron chi connectivity index (χ4n) is 1.43. The fraction of sp³-hybridized carbons (Fsp3) is 0.750. The smallest absolute Gasteiger partial charge is 0.315 e. The molecule has 0 atom stereocenters. The van der Waals surface area contributed by atoms with E-state index in [1.54, 1.807) is 7.11 Å². The summed E-state index contributed by atoms with van der Waals surface area (Å²) in [6.45, 7) is 5.03. The van der Waals surface area contributed by atoms with Gasteiger partial charge in [0.05, 0.1) is 13.2 Å². The van der Waals surface area contributed by atoms with Gasteiger partial charge in [0.25, 0.3) is 0 Å². The average molecular weight is 285 g/mol. The zero-order valence-corrected chi connectivity index (χ0v) is 12.1. The van der Waals surface area contributed by atoms with E-state index < -0.39 is 0 Å². The fourth-order valence-corrected chi connectivity index (χ4v) is 1.43. The van der Waals surface area contributed by atoms with Gasteiger partial charge in [-0.05, 0) is 13.0 Å². The lowest BCUT2D eigenvalue weighted by molar-refractivity contribution is -0.121. The molecule has 0 aliphatic rings. The Morgan fingerprint density at radius 1 is 1.30 bits per heavy atom. The summed E-state index contributed by atoms with van der Waals surface area (Å²) in [5.41, 5.74) is 0. The Bertz CT molecular complexity index is 383. The van der Waals surface area contributed by atoms with Crippen molar-refractivity contribution in [2.75, 3.05) is 38.7 Å². The number of methoxy groups -OCH3 is 1. The van der Waals surface area contributed by atoms with Gasteiger partial charge in [0, 0.05) is 26.6 Å². The maximum Gasteiger partial charge on any atom is 0.315 e. The van der Waals surface area contributed by atoms with Crippen LogP contribution < -0.4 is 16.0 Å². The van der Waals surface area contributed by atoms with Crippen molar-refractivity contribution in [2.24, 2.45) is 0 Å². The predicted molar refractivity (Wildman–Crippen MR) is 74.3 cm³/mol. The summed E-state index contributed by atoms with van der Waals surface area (Å²) in [4.78, 5) is 11.4. The molecule has 0 saturated carbocycles. The van der Waals surface area contributed by atoms with Crippen molar-refractivity contribution < 1.29 is 13.9 Å². The van der Waals surface area contributed by atoms with Crippen molar-refractivity contribution in [1.82, 2.24) is 20.8 Å². The van der Waals surface area contributed by atoms with E-state index in [0.717, 1.165) is 13.0 Å². The second kappa shape index (κ2) is 10.2. The number of amides is 1. The Morgan fingerprint density at radius 3 is 2.90 bits per heavy atom. The summed E-state index contributed by atoms with van der Waals surface area (Å²) < 4.78 is 10.2. The number of carbonyl (C=O) groups excluding carboxylic acids is 1. The largest absolute Gasteiger partial charge is 0.407 e. The highest BCUT2D eigenvalue weighted by Gasteiger charge is 2.06. The van der Waals surface area contributed by atoms with Gasteiger partial charge in [-0.1, -0.05) is 12.0 Å². The van der Waals surface area contributed by atoms with Crippen molar-refractivity contribution in [3.63, 3.8) is 0 Å². The molecule has 0 aliphatic heterocycles. The lowest BCUT2D eigenvalue weighted by atomic mass is 10.4. The normalized spacial score (nSPS) is 10.5. The zero-order chi connectivity index (χ0) is 14.6. The molecule has 114 valence electrons. The van der Waals surface area contributed by atoms with Crippen LogP contribution in [0.2, 0.25) is 0 Å². The van der Waals surface area contributed by atoms with E-state index in [0.29, 0.717) is 44.6 Å². The molecule has 0 bridgehead atoms. The number of nitrogens with one attached hydrogen (secondary N) is 3. The molecule has 0 fully saturated rings. The van der Waals surface area contributed by atoms with E-state index in [1.165, 1.54) is 0 Å². The van der Waals surface area contributed by atoms with Gasteiger partial charge in [0.1, 0.15) is 0 Å². The molecule has 0 radical (unpaired) electrons. The Morgan fingerprint density at radius 2 is 2.15 bits per heavy atom. The molecule has 20 heavy (non-hydrogen) atoms. The number of aromatic nitrogens is 2. The second-order valence-corrected chi connectivity index (χ2v) is 4.20. The maximum atomic E-state index is 11.4. The van der Waals surface area contributed by atoms with Crippen LogP contribution in [0.3, 0.4) is 0 Å². The number of hydrogen-bond acceptors (Lipinski definition) is 7. The summed E-state index contributed by atoms with van der Waals surface area (Å²) in [5.74, 6) is 0.490. The zero-order valence-electron chi connectivity index (χ0n) is 12.1. The molecule has 0 saturated heterocycles. The number of nitrogens with zero attached hydrogens (tertiary/aromatic N) is 2. The summed E-state index contributed by atoms with van der Waals surface area (Å²) >= 11 is 0. The summed E-state index contributed by atoms with van der Waals surface area (Å²) in [5, 5.41) is 16.5. The van der Waals surface area contributed by atoms with Crippen LogP contribution in [0.1, 0.15) is 25.7 Å². The first-order valence-electron chi connectivity index (χ1n) is 6.78. The molecular weight excluding hydrogens is 262 g/mol. The highest BCUT2D eigenvalue weighted by Crippen LogP contribution is 2.04. The SMILES string of the molecule is CCCNCc1nnc(NCCC(=O)NCCOC)o1. The molecule has 1 aromatic rings. The average Bonchev–Trinajstić information content (AvgIpc) is 2.87. The van der Waals surface area contributed by atoms with Gasteiger partial charge < -0.3 is 25.1 Å². The van der Waals surface area contributed by atoms with Crippen LogP contribution >= 0.6 is 0 Å². The first-order chi connectivity index (χ1) is 9.76. The van der Waals surface area contributed by atoms with Gasteiger partial charge in [0.15, 0.2) is 0 Å². The molecule has 1 rings (SSSR count). The molecule has 0 aromatic carbocycles. The quantitative estimate of drug-likeness (QED) is 0.497. The van der Waals surface area contributed by atoms with Crippen molar-refractivity contribution in [1.29, 1.82) is 0 Å². The lowest BCUT2D eigenvalue weighted by Crippen LogP contribution is -2.28. The monoisotopic (exact) mass is 285 g/mol. The van der Waals surface area contributed by atoms with Gasteiger partial charge in [-0.25, -0.2) is 0 Å². The van der Waals surface area contributed by atoms with E-state index in [-0.39, 0.29) is 5.91 Å². The third kappa shape index (κ3) is 7.05. The predicted octanol–water partition coefficient (Wildman–Crippen LogP) is 0.134. The van der Waals surface area contributed by atoms with E-state index in [4.69, 9.17) is 9.15 Å². The van der Waals surface area contributed by atoms with Crippen LogP contribution in [0.5, 0.6) is 0 Å². The summed E-state index contributed by atoms with van der Waals surface area (Å²) in [6.07, 6.45) is 1.40. The van der Waals surface area contributed by atoms with Gasteiger partial charge in [-0.15, -0.1) is 5.10 Å². The van der Waals surface area contributed by atoms with Crippen LogP contribution in [-0.4, -0.2) is 49.5 Å². The Hall–Kier alpha value is -1.67. The molecule has 0 spiro atoms. The summed E-state index contributed by atoms with van der Waals surface area (Å²) in [7, 11) is 1.59. The number of ether oxygens (including phenoxy) is 1. The van der Waals surface area contributed by atoms with E-state index in [2.05, 4.69) is 33.1 Å². The molecule has 1 heterocycles. The molecule has 1 aromatic heterocycles. The minimum absolute atomic E-state index is 0.0427. The van der Waals surface area contributed by atoms with Crippen molar-refractivity contribution >= 4 is 11.9 Å². The maximum absolute atomic E-state index is 11.4. The molecule has 8 heteroatoms. The Balaban J connectivity index is 2.13. The number of carbonyl (C=O) groups is 1. The van der Waals surface area contributed by atoms with Crippen molar-refractivity contribution in [3.05, 3.63) is 5.89 Å². The molecule has 3 N–H and O–H groups in total. The van der Waals surface area contributed by atoms with Gasteiger partial charge in [0.2, 0.25) is 11.8 Å². The molecule has 1 amide bonds. The topological polar surface area (TPSA) is 101 Å². The minimum atomic E-state index is -0.0427. The summed E-state index contributed by atoms with van der Waals surface area (Å²) in [6, 6.07) is 0.336. The van der Waals surface area contributed by atoms with E-state index >= 15 is 0 Å². The van der Waals surface area contributed by atoms with Crippen LogP contribution in [0.4, 0.5) is 6.01 Å². The first kappa shape index (κ1) is 16.4. The molecule has 8 nitrogen and oxygen atoms in total. The minimum Gasteiger partial charge on any atom is -0.407 e. The number of rotatable bonds is 11. The van der Waals surface area contributed by atoms with Crippen molar-refractivity contribution in [2.45, 2.75) is 26.3 Å². The van der Waals surface area contributed by atoms with Crippen LogP contribution in [0.25, 0.3) is 0 Å². The third-order valence-corrected chi connectivity index (χ3v) is 2.43. The molecule has 0 aliphatic carbocycles. The van der Waals surface area contributed by atoms with Crippen LogP contribution in [-0.2, 0) is 16.1 Å². The highest BCUT2D eigenvalue weighted by molar-refractivity contribution is 5.76. The van der Waals surface area contributed by atoms with Gasteiger partial charge >= 0.3 is 6.01 Å². The van der Waals surface area contributed by atoms with E-state index in [1.807, 2.05) is 0 Å². The third-order valence-electron chi connectivity index (χ3n) is 2.43. The van der Waals surface area contributed by atoms with Crippen LogP contribution in [0, 0.1) is 0 Å². The second-order valence-electron chi connectivity index (χ2n) is 4.20. The Labute approximate surface area is 118 Å². The number of hydrogen-bond donors (Lipinski definition) is 3. The standard InChI is InChI=1S/C12H23N5O3/c1-3-5-13-9-11-16-17-12(20-11)15-6-4-10(18)14-7-8-19-2/h13H,3-9H2,1-2H3,(H,14,18)(H,15,17). The lowest BCUT2D eigenvalue weighted by Gasteiger charge is -2.04. The van der Waals surface area contributed by atoms with E-state index in [9.17, 15) is 4.79 Å². The number of anilines is 1. The first-order valence-corrected chi connectivity index (χ1v) is 6.78. The Kier molecular flexibility index (Phi) is 8.32. The van der Waals surface area contributed by atoms with Crippen LogP contribution in [0.15, 0.2) is 4.42 Å². The van der Waals surface area contributed by atoms with Crippen molar-refractivity contribution in [3.8, 4) is 0 Å².